The van der Waals surface area contributed by atoms with Gasteiger partial charge in [-0.05, 0) is 30.3 Å². The van der Waals surface area contributed by atoms with E-state index in [-0.39, 0.29) is 18.4 Å². The van der Waals surface area contributed by atoms with Gasteiger partial charge < -0.3 is 19.7 Å². The van der Waals surface area contributed by atoms with Crippen LogP contribution in [-0.2, 0) is 0 Å². The molecule has 0 aliphatic carbocycles. The molecule has 6 nitrogen and oxygen atoms in total. The summed E-state index contributed by atoms with van der Waals surface area (Å²) in [5.41, 5.74) is 1.01. The fraction of sp³-hybridized carbons (Fsp3) is 0.333. The first-order valence-corrected chi connectivity index (χ1v) is 9.10. The van der Waals surface area contributed by atoms with Crippen molar-refractivity contribution in [3.8, 4) is 11.5 Å². The maximum Gasteiger partial charge on any atom is 0.186 e. The smallest absolute Gasteiger partial charge is 0.186 e. The normalized spacial score (nSPS) is 17.0. The molecular weight excluding hydrogens is 372 g/mol. The molecule has 1 saturated heterocycles. The Kier molecular flexibility index (Phi) is 6.13. The molecule has 1 aliphatic heterocycles. The van der Waals surface area contributed by atoms with E-state index in [9.17, 15) is 0 Å². The van der Waals surface area contributed by atoms with E-state index in [1.54, 1.807) is 30.8 Å². The van der Waals surface area contributed by atoms with Crippen LogP contribution < -0.4 is 19.7 Å². The van der Waals surface area contributed by atoms with Crippen LogP contribution in [0.2, 0.25) is 0 Å². The first-order chi connectivity index (χ1) is 12.3. The number of nitrogens with one attached hydrogen (secondary N) is 1. The molecule has 0 saturated carbocycles. The molecule has 0 spiro atoms. The largest absolute Gasteiger partial charge is 0.497 e. The average molecular weight is 393 g/mol. The summed E-state index contributed by atoms with van der Waals surface area (Å²) in [6, 6.07) is 10.0. The predicted octanol–water partition coefficient (Wildman–Crippen LogP) is 2.98. The van der Waals surface area contributed by atoms with Crippen LogP contribution in [-0.4, -0.2) is 49.4 Å². The number of halogens is 1. The highest BCUT2D eigenvalue weighted by Gasteiger charge is 2.25. The summed E-state index contributed by atoms with van der Waals surface area (Å²) < 4.78 is 12.4. The Morgan fingerprint density at radius 2 is 2.23 bits per heavy atom. The van der Waals surface area contributed by atoms with Crippen LogP contribution in [0, 0.1) is 0 Å². The maximum absolute atomic E-state index is 5.92. The zero-order chi connectivity index (χ0) is 17.1. The molecule has 0 bridgehead atoms. The minimum atomic E-state index is 0. The summed E-state index contributed by atoms with van der Waals surface area (Å²) in [4.78, 5) is 11.2. The summed E-state index contributed by atoms with van der Waals surface area (Å²) in [7, 11) is 1.69. The van der Waals surface area contributed by atoms with Gasteiger partial charge in [-0.1, -0.05) is 11.3 Å². The number of fused-ring (bicyclic) bond motifs is 1. The monoisotopic (exact) mass is 392 g/mol. The summed E-state index contributed by atoms with van der Waals surface area (Å²) in [5.74, 6) is 1.65. The molecule has 3 aromatic rings. The Labute approximate surface area is 162 Å². The molecule has 26 heavy (non-hydrogen) atoms. The Morgan fingerprint density at radius 1 is 1.31 bits per heavy atom. The first kappa shape index (κ1) is 18.7. The first-order valence-electron chi connectivity index (χ1n) is 8.28. The van der Waals surface area contributed by atoms with Crippen LogP contribution in [0.15, 0.2) is 42.7 Å². The van der Waals surface area contributed by atoms with Gasteiger partial charge in [-0.2, -0.15) is 0 Å². The van der Waals surface area contributed by atoms with Crippen LogP contribution in [0.4, 0.5) is 5.13 Å². The third-order valence-corrected chi connectivity index (χ3v) is 5.31. The molecule has 1 N–H and O–H groups in total. The number of ether oxygens (including phenoxy) is 2. The zero-order valence-electron chi connectivity index (χ0n) is 14.4. The van der Waals surface area contributed by atoms with Crippen molar-refractivity contribution < 1.29 is 9.47 Å². The number of methoxy groups -OCH3 is 1. The molecule has 0 amide bonds. The lowest BCUT2D eigenvalue weighted by molar-refractivity contribution is 0.266. The lowest BCUT2D eigenvalue weighted by Crippen LogP contribution is -2.54. The molecule has 3 heterocycles. The number of anilines is 1. The Balaban J connectivity index is 0.00000196. The van der Waals surface area contributed by atoms with Crippen molar-refractivity contribution in [3.63, 3.8) is 0 Å². The summed E-state index contributed by atoms with van der Waals surface area (Å²) in [6.07, 6.45) is 3.49. The number of hydrogen-bond donors (Lipinski definition) is 1. The van der Waals surface area contributed by atoms with Gasteiger partial charge in [-0.3, -0.25) is 4.98 Å². The number of aromatic nitrogens is 2. The maximum atomic E-state index is 5.92. The Bertz CT molecular complexity index is 846. The minimum Gasteiger partial charge on any atom is -0.497 e. The van der Waals surface area contributed by atoms with Crippen molar-refractivity contribution in [2.24, 2.45) is 0 Å². The lowest BCUT2D eigenvalue weighted by Gasteiger charge is -2.35. The van der Waals surface area contributed by atoms with E-state index >= 15 is 0 Å². The number of piperazine rings is 1. The second-order valence-electron chi connectivity index (χ2n) is 5.88. The van der Waals surface area contributed by atoms with Gasteiger partial charge in [0.2, 0.25) is 0 Å². The van der Waals surface area contributed by atoms with Crippen molar-refractivity contribution in [2.45, 2.75) is 6.04 Å². The average Bonchev–Trinajstić information content (AvgIpc) is 3.10. The highest BCUT2D eigenvalue weighted by Crippen LogP contribution is 2.32. The molecule has 4 rings (SSSR count). The molecule has 1 fully saturated rings. The van der Waals surface area contributed by atoms with Gasteiger partial charge in [-0.15, -0.1) is 12.4 Å². The van der Waals surface area contributed by atoms with Crippen molar-refractivity contribution >= 4 is 39.1 Å². The van der Waals surface area contributed by atoms with Crippen LogP contribution in [0.5, 0.6) is 11.5 Å². The third-order valence-electron chi connectivity index (χ3n) is 4.26. The molecule has 8 heteroatoms. The number of benzene rings is 1. The van der Waals surface area contributed by atoms with Crippen LogP contribution >= 0.6 is 23.7 Å². The quantitative estimate of drug-likeness (QED) is 0.720. The number of pyridine rings is 1. The molecular formula is C18H21ClN4O2S. The predicted molar refractivity (Wildman–Crippen MR) is 107 cm³/mol. The number of rotatable bonds is 5. The second kappa shape index (κ2) is 8.53. The van der Waals surface area contributed by atoms with Gasteiger partial charge >= 0.3 is 0 Å². The molecule has 1 aromatic carbocycles. The lowest BCUT2D eigenvalue weighted by atomic mass is 10.2. The van der Waals surface area contributed by atoms with E-state index in [0.29, 0.717) is 6.61 Å². The van der Waals surface area contributed by atoms with Crippen molar-refractivity contribution in [2.75, 3.05) is 38.3 Å². The van der Waals surface area contributed by atoms with Crippen molar-refractivity contribution in [3.05, 3.63) is 42.7 Å². The van der Waals surface area contributed by atoms with Gasteiger partial charge in [0.15, 0.2) is 5.13 Å². The number of thiazole rings is 1. The molecule has 1 aliphatic rings. The molecule has 0 radical (unpaired) electrons. The van der Waals surface area contributed by atoms with E-state index in [1.807, 2.05) is 30.3 Å². The second-order valence-corrected chi connectivity index (χ2v) is 6.89. The highest BCUT2D eigenvalue weighted by molar-refractivity contribution is 7.22. The van der Waals surface area contributed by atoms with E-state index in [2.05, 4.69) is 15.2 Å². The fourth-order valence-electron chi connectivity index (χ4n) is 2.93. The molecule has 0 unspecified atom stereocenters. The fourth-order valence-corrected chi connectivity index (χ4v) is 4.02. The van der Waals surface area contributed by atoms with Gasteiger partial charge in [-0.25, -0.2) is 4.98 Å². The number of hydrogen-bond acceptors (Lipinski definition) is 7. The van der Waals surface area contributed by atoms with E-state index in [0.717, 1.165) is 46.5 Å². The molecule has 138 valence electrons. The summed E-state index contributed by atoms with van der Waals surface area (Å²) in [5, 5.41) is 4.47. The highest BCUT2D eigenvalue weighted by atomic mass is 35.5. The summed E-state index contributed by atoms with van der Waals surface area (Å²) >= 11 is 1.70. The summed E-state index contributed by atoms with van der Waals surface area (Å²) in [6.45, 7) is 3.33. The molecule has 2 aromatic heterocycles. The van der Waals surface area contributed by atoms with Gasteiger partial charge in [0.05, 0.1) is 29.6 Å². The topological polar surface area (TPSA) is 59.5 Å². The third kappa shape index (κ3) is 4.00. The van der Waals surface area contributed by atoms with Gasteiger partial charge in [0, 0.05) is 25.8 Å². The minimum absolute atomic E-state index is 0. The van der Waals surface area contributed by atoms with E-state index in [1.165, 1.54) is 0 Å². The SMILES string of the molecule is COc1ccc2nc(N3CCNC[C@H]3COc3cccnc3)sc2c1.Cl. The zero-order valence-corrected chi connectivity index (χ0v) is 16.1. The molecule has 1 atom stereocenters. The van der Waals surface area contributed by atoms with E-state index < -0.39 is 0 Å². The Hall–Kier alpha value is -2.09. The van der Waals surface area contributed by atoms with E-state index in [4.69, 9.17) is 14.5 Å². The van der Waals surface area contributed by atoms with Crippen molar-refractivity contribution in [1.29, 1.82) is 0 Å². The van der Waals surface area contributed by atoms with Gasteiger partial charge in [0.1, 0.15) is 18.1 Å². The van der Waals surface area contributed by atoms with Crippen LogP contribution in [0.1, 0.15) is 0 Å². The standard InChI is InChI=1S/C18H20N4O2S.ClH/c1-23-14-4-5-16-17(9-14)25-18(21-16)22-8-7-20-10-13(22)12-24-15-3-2-6-19-11-15;/h2-6,9,11,13,20H,7-8,10,12H2,1H3;1H/t13-;/m0./s1. The van der Waals surface area contributed by atoms with Crippen LogP contribution in [0.3, 0.4) is 0 Å². The van der Waals surface area contributed by atoms with Crippen LogP contribution in [0.25, 0.3) is 10.2 Å². The number of nitrogens with zero attached hydrogens (tertiary/aromatic N) is 3. The van der Waals surface area contributed by atoms with Gasteiger partial charge in [0.25, 0.3) is 0 Å². The van der Waals surface area contributed by atoms with Crippen molar-refractivity contribution in [1.82, 2.24) is 15.3 Å². The Morgan fingerprint density at radius 3 is 3.04 bits per heavy atom.